The molecule has 1 atom stereocenters. The summed E-state index contributed by atoms with van der Waals surface area (Å²) in [4.78, 5) is 36.9. The molecular formula is C36H49N3O4. The van der Waals surface area contributed by atoms with Crippen molar-refractivity contribution < 1.29 is 19.1 Å². The minimum Gasteiger partial charge on any atom is -0.469 e. The molecule has 7 nitrogen and oxygen atoms in total. The Hall–Kier alpha value is -3.97. The number of carbonyl (C=O) groups is 3. The van der Waals surface area contributed by atoms with Crippen molar-refractivity contribution in [1.82, 2.24) is 16.0 Å². The second-order valence-electron chi connectivity index (χ2n) is 10.3. The first-order chi connectivity index (χ1) is 21.0. The molecule has 2 rings (SSSR count). The van der Waals surface area contributed by atoms with Crippen LogP contribution in [0.2, 0.25) is 0 Å². The molecule has 43 heavy (non-hydrogen) atoms. The van der Waals surface area contributed by atoms with Crippen molar-refractivity contribution in [3.05, 3.63) is 108 Å². The average molecular weight is 588 g/mol. The number of carbonyl (C=O) groups excluding carboxylic acids is 3. The first-order valence-electron chi connectivity index (χ1n) is 15.5. The Labute approximate surface area is 257 Å². The lowest BCUT2D eigenvalue weighted by atomic mass is 9.92. The van der Waals surface area contributed by atoms with E-state index in [1.54, 1.807) is 6.92 Å². The van der Waals surface area contributed by atoms with Crippen LogP contribution in [0.5, 0.6) is 0 Å². The number of amides is 2. The maximum atomic E-state index is 12.5. The van der Waals surface area contributed by atoms with Crippen molar-refractivity contribution in [2.45, 2.75) is 70.8 Å². The van der Waals surface area contributed by atoms with Gasteiger partial charge in [-0.15, -0.1) is 0 Å². The lowest BCUT2D eigenvalue weighted by Gasteiger charge is -2.24. The van der Waals surface area contributed by atoms with Crippen LogP contribution in [-0.2, 0) is 24.7 Å². The lowest BCUT2D eigenvalue weighted by molar-refractivity contribution is -0.132. The predicted octanol–water partition coefficient (Wildman–Crippen LogP) is 6.13. The first-order valence-corrected chi connectivity index (χ1v) is 15.5. The van der Waals surface area contributed by atoms with Crippen molar-refractivity contribution in [1.29, 1.82) is 0 Å². The zero-order valence-corrected chi connectivity index (χ0v) is 25.9. The predicted molar refractivity (Wildman–Crippen MR) is 175 cm³/mol. The third kappa shape index (κ3) is 14.7. The molecule has 1 heterocycles. The molecule has 1 unspecified atom stereocenters. The number of hydrogen-bond acceptors (Lipinski definition) is 5. The molecule has 1 aromatic rings. The van der Waals surface area contributed by atoms with E-state index in [4.69, 9.17) is 4.74 Å². The van der Waals surface area contributed by atoms with Crippen molar-refractivity contribution in [3.8, 4) is 0 Å². The monoisotopic (exact) mass is 587 g/mol. The SMILES string of the molecule is CC/C=C\C/C=C\C/C=C\C/C=C\C/C=C\CCCC(=O)NCCNCCNC(=O)C1=CC(=O)C(C)(c2ccccc2)O1. The highest BCUT2D eigenvalue weighted by Gasteiger charge is 2.43. The van der Waals surface area contributed by atoms with Crippen LogP contribution in [0.25, 0.3) is 0 Å². The summed E-state index contributed by atoms with van der Waals surface area (Å²) in [6.45, 7) is 5.83. The van der Waals surface area contributed by atoms with Gasteiger partial charge in [-0.2, -0.15) is 0 Å². The molecule has 0 saturated carbocycles. The third-order valence-electron chi connectivity index (χ3n) is 6.74. The van der Waals surface area contributed by atoms with Gasteiger partial charge in [0.05, 0.1) is 0 Å². The molecule has 0 aromatic heterocycles. The summed E-state index contributed by atoms with van der Waals surface area (Å²) in [6, 6.07) is 9.14. The quantitative estimate of drug-likeness (QED) is 0.119. The van der Waals surface area contributed by atoms with Crippen molar-refractivity contribution in [3.63, 3.8) is 0 Å². The number of benzene rings is 1. The van der Waals surface area contributed by atoms with Gasteiger partial charge in [-0.1, -0.05) is 98.0 Å². The summed E-state index contributed by atoms with van der Waals surface area (Å²) in [5, 5.41) is 8.84. The number of ketones is 1. The van der Waals surface area contributed by atoms with Crippen LogP contribution < -0.4 is 16.0 Å². The fraction of sp³-hybridized carbons (Fsp3) is 0.417. The van der Waals surface area contributed by atoms with Gasteiger partial charge in [-0.05, 0) is 51.9 Å². The van der Waals surface area contributed by atoms with Gasteiger partial charge in [0.25, 0.3) is 5.91 Å². The van der Waals surface area contributed by atoms with Gasteiger partial charge in [0.2, 0.25) is 11.7 Å². The summed E-state index contributed by atoms with van der Waals surface area (Å²) >= 11 is 0. The normalized spacial score (nSPS) is 17.1. The van der Waals surface area contributed by atoms with Gasteiger partial charge < -0.3 is 20.7 Å². The smallest absolute Gasteiger partial charge is 0.286 e. The molecule has 0 bridgehead atoms. The van der Waals surface area contributed by atoms with E-state index in [-0.39, 0.29) is 17.4 Å². The minimum atomic E-state index is -1.18. The van der Waals surface area contributed by atoms with Crippen LogP contribution in [0.3, 0.4) is 0 Å². The Morgan fingerprint density at radius 2 is 1.33 bits per heavy atom. The number of allylic oxidation sites excluding steroid dienone is 10. The van der Waals surface area contributed by atoms with Crippen LogP contribution in [0.15, 0.2) is 103 Å². The van der Waals surface area contributed by atoms with Crippen molar-refractivity contribution in [2.75, 3.05) is 26.2 Å². The minimum absolute atomic E-state index is 0.0215. The molecule has 7 heteroatoms. The van der Waals surface area contributed by atoms with Crippen molar-refractivity contribution >= 4 is 17.6 Å². The molecule has 232 valence electrons. The Morgan fingerprint density at radius 3 is 1.93 bits per heavy atom. The molecule has 3 N–H and O–H groups in total. The van der Waals surface area contributed by atoms with Gasteiger partial charge in [-0.3, -0.25) is 14.4 Å². The molecule has 0 saturated heterocycles. The Kier molecular flexibility index (Phi) is 17.8. The summed E-state index contributed by atoms with van der Waals surface area (Å²) < 4.78 is 5.75. The van der Waals surface area contributed by atoms with E-state index < -0.39 is 11.5 Å². The van der Waals surface area contributed by atoms with Gasteiger partial charge in [0.15, 0.2) is 11.4 Å². The number of nitrogens with one attached hydrogen (secondary N) is 3. The van der Waals surface area contributed by atoms with E-state index in [0.29, 0.717) is 38.2 Å². The summed E-state index contributed by atoms with van der Waals surface area (Å²) in [7, 11) is 0. The fourth-order valence-electron chi connectivity index (χ4n) is 4.23. The van der Waals surface area contributed by atoms with Crippen LogP contribution in [0.1, 0.15) is 70.8 Å². The van der Waals surface area contributed by atoms with Crippen LogP contribution >= 0.6 is 0 Å². The van der Waals surface area contributed by atoms with E-state index >= 15 is 0 Å². The molecule has 2 amide bonds. The molecule has 1 aliphatic heterocycles. The molecule has 0 spiro atoms. The van der Waals surface area contributed by atoms with E-state index in [9.17, 15) is 14.4 Å². The maximum absolute atomic E-state index is 12.5. The molecule has 1 aromatic carbocycles. The number of ether oxygens (including phenoxy) is 1. The molecule has 1 aliphatic rings. The van der Waals surface area contributed by atoms with Gasteiger partial charge in [-0.25, -0.2) is 0 Å². The van der Waals surface area contributed by atoms with E-state index in [0.717, 1.165) is 44.9 Å². The number of hydrogen-bond donors (Lipinski definition) is 3. The summed E-state index contributed by atoms with van der Waals surface area (Å²) in [6.07, 6.45) is 30.2. The number of rotatable bonds is 21. The van der Waals surface area contributed by atoms with Crippen LogP contribution in [0, 0.1) is 0 Å². The summed E-state index contributed by atoms with van der Waals surface area (Å²) in [5.41, 5.74) is -0.476. The largest absolute Gasteiger partial charge is 0.469 e. The Balaban J connectivity index is 1.42. The van der Waals surface area contributed by atoms with Crippen LogP contribution in [0.4, 0.5) is 0 Å². The zero-order chi connectivity index (χ0) is 31.0. The Bertz CT molecular complexity index is 1160. The summed E-state index contributed by atoms with van der Waals surface area (Å²) in [5.74, 6) is -0.613. The second-order valence-corrected chi connectivity index (χ2v) is 10.3. The third-order valence-corrected chi connectivity index (χ3v) is 6.74. The van der Waals surface area contributed by atoms with E-state index in [2.05, 4.69) is 83.6 Å². The fourth-order valence-corrected chi connectivity index (χ4v) is 4.23. The molecule has 0 fully saturated rings. The zero-order valence-electron chi connectivity index (χ0n) is 25.9. The van der Waals surface area contributed by atoms with E-state index in [1.807, 2.05) is 30.3 Å². The lowest BCUT2D eigenvalue weighted by Crippen LogP contribution is -2.37. The van der Waals surface area contributed by atoms with E-state index in [1.165, 1.54) is 6.08 Å². The standard InChI is InChI=1S/C36H49N3O4/c1-3-4-5-6-7-8-9-10-11-12-13-14-15-16-17-18-22-25-34(41)38-28-26-37-27-29-39-35(42)32-30-33(40)36(2,43-32)31-23-20-19-21-24-31/h4-5,7-8,10-11,13-14,16-17,19-21,23-24,30,37H,3,6,9,12,15,18,22,25-29H2,1-2H3,(H,38,41)(H,39,42)/b5-4-,8-7-,11-10-,14-13-,17-16-. The van der Waals surface area contributed by atoms with Gasteiger partial charge in [0, 0.05) is 44.2 Å². The molecular weight excluding hydrogens is 538 g/mol. The molecule has 0 radical (unpaired) electrons. The van der Waals surface area contributed by atoms with Crippen LogP contribution in [-0.4, -0.2) is 43.8 Å². The maximum Gasteiger partial charge on any atom is 0.286 e. The first kappa shape index (κ1) is 35.2. The van der Waals surface area contributed by atoms with Gasteiger partial charge in [0.1, 0.15) is 0 Å². The topological polar surface area (TPSA) is 96.5 Å². The van der Waals surface area contributed by atoms with Crippen molar-refractivity contribution in [2.24, 2.45) is 0 Å². The molecule has 0 aliphatic carbocycles. The van der Waals surface area contributed by atoms with Gasteiger partial charge >= 0.3 is 0 Å². The highest BCUT2D eigenvalue weighted by atomic mass is 16.5. The highest BCUT2D eigenvalue weighted by molar-refractivity contribution is 6.07. The second kappa shape index (κ2) is 21.7. The highest BCUT2D eigenvalue weighted by Crippen LogP contribution is 2.34. The average Bonchev–Trinajstić information content (AvgIpc) is 3.33. The number of unbranched alkanes of at least 4 members (excludes halogenated alkanes) is 1. The Morgan fingerprint density at radius 1 is 0.767 bits per heavy atom.